The van der Waals surface area contributed by atoms with E-state index in [1.54, 1.807) is 30.4 Å². The van der Waals surface area contributed by atoms with Crippen LogP contribution in [0.25, 0.3) is 9.88 Å². The number of nitrogens with one attached hydrogen (secondary N) is 1. The number of morpholine rings is 1. The second kappa shape index (κ2) is 8.33. The molecule has 0 spiro atoms. The van der Waals surface area contributed by atoms with Gasteiger partial charge in [0.05, 0.1) is 29.2 Å². The molecule has 0 aliphatic carbocycles. The van der Waals surface area contributed by atoms with E-state index in [1.165, 1.54) is 27.9 Å². The number of aryl methyl sites for hydroxylation is 1. The SMILES string of the molecule is Cc1ccc(NC(=O)c2cnc(-c3cccs3)s2)cc1S(=O)(=O)N1CCOCC1. The molecule has 3 aromatic rings. The fourth-order valence-corrected chi connectivity index (χ4v) is 6.24. The maximum absolute atomic E-state index is 13.0. The molecule has 1 aliphatic heterocycles. The van der Waals surface area contributed by atoms with Crippen LogP contribution in [0.1, 0.15) is 15.2 Å². The van der Waals surface area contributed by atoms with E-state index in [1.807, 2.05) is 17.5 Å². The van der Waals surface area contributed by atoms with Gasteiger partial charge in [0.25, 0.3) is 5.91 Å². The van der Waals surface area contributed by atoms with E-state index in [4.69, 9.17) is 4.74 Å². The van der Waals surface area contributed by atoms with Crippen molar-refractivity contribution in [3.8, 4) is 9.88 Å². The van der Waals surface area contributed by atoms with Gasteiger partial charge in [-0.15, -0.1) is 22.7 Å². The van der Waals surface area contributed by atoms with Crippen molar-refractivity contribution in [2.75, 3.05) is 31.6 Å². The summed E-state index contributed by atoms with van der Waals surface area (Å²) in [5, 5.41) is 5.53. The molecule has 2 aromatic heterocycles. The van der Waals surface area contributed by atoms with Crippen molar-refractivity contribution in [3.63, 3.8) is 0 Å². The standard InChI is InChI=1S/C19H19N3O4S3/c1-13-4-5-14(11-17(13)29(24,25)22-6-8-26-9-7-22)21-18(23)16-12-20-19(28-16)15-3-2-10-27-15/h2-5,10-12H,6-9H2,1H3,(H,21,23). The number of aromatic nitrogens is 1. The summed E-state index contributed by atoms with van der Waals surface area (Å²) < 4.78 is 32.7. The Bertz CT molecular complexity index is 1120. The third-order valence-corrected chi connectivity index (χ3v) is 8.57. The van der Waals surface area contributed by atoms with Crippen LogP contribution in [-0.4, -0.2) is 49.9 Å². The molecule has 0 bridgehead atoms. The predicted molar refractivity (Wildman–Crippen MR) is 114 cm³/mol. The molecule has 1 amide bonds. The molecule has 10 heteroatoms. The highest BCUT2D eigenvalue weighted by atomic mass is 32.2. The molecule has 0 radical (unpaired) electrons. The third-order valence-electron chi connectivity index (χ3n) is 4.50. The molecule has 3 heterocycles. The predicted octanol–water partition coefficient (Wildman–Crippen LogP) is 3.45. The fraction of sp³-hybridized carbons (Fsp3) is 0.263. The second-order valence-corrected chi connectivity index (χ2v) is 10.3. The zero-order chi connectivity index (χ0) is 20.4. The summed E-state index contributed by atoms with van der Waals surface area (Å²) in [6.07, 6.45) is 1.54. The van der Waals surface area contributed by atoms with E-state index in [9.17, 15) is 13.2 Å². The Morgan fingerprint density at radius 1 is 1.24 bits per heavy atom. The van der Waals surface area contributed by atoms with E-state index in [2.05, 4.69) is 10.3 Å². The normalized spacial score (nSPS) is 15.3. The molecule has 1 N–H and O–H groups in total. The van der Waals surface area contributed by atoms with Crippen molar-refractivity contribution in [2.45, 2.75) is 11.8 Å². The number of ether oxygens (including phenoxy) is 1. The van der Waals surface area contributed by atoms with Gasteiger partial charge in [-0.05, 0) is 36.1 Å². The topological polar surface area (TPSA) is 88.6 Å². The van der Waals surface area contributed by atoms with Gasteiger partial charge in [-0.25, -0.2) is 13.4 Å². The van der Waals surface area contributed by atoms with Crippen molar-refractivity contribution in [1.29, 1.82) is 0 Å². The van der Waals surface area contributed by atoms with Gasteiger partial charge >= 0.3 is 0 Å². The average molecular weight is 450 g/mol. The average Bonchev–Trinajstić information content (AvgIpc) is 3.42. The summed E-state index contributed by atoms with van der Waals surface area (Å²) in [6.45, 7) is 3.16. The molecule has 1 aromatic carbocycles. The first-order chi connectivity index (χ1) is 13.9. The lowest BCUT2D eigenvalue weighted by molar-refractivity contribution is 0.0730. The van der Waals surface area contributed by atoms with E-state index >= 15 is 0 Å². The number of nitrogens with zero attached hydrogens (tertiary/aromatic N) is 2. The minimum atomic E-state index is -3.65. The van der Waals surface area contributed by atoms with Gasteiger partial charge < -0.3 is 10.1 Å². The molecule has 0 saturated carbocycles. The Balaban J connectivity index is 1.55. The first-order valence-corrected chi connectivity index (χ1v) is 12.1. The van der Waals surface area contributed by atoms with Crippen LogP contribution in [0.5, 0.6) is 0 Å². The van der Waals surface area contributed by atoms with Crippen molar-refractivity contribution in [2.24, 2.45) is 0 Å². The molecule has 152 valence electrons. The molecule has 4 rings (SSSR count). The Labute approximate surface area is 177 Å². The summed E-state index contributed by atoms with van der Waals surface area (Å²) in [6, 6.07) is 8.80. The maximum Gasteiger partial charge on any atom is 0.267 e. The minimum Gasteiger partial charge on any atom is -0.379 e. The molecular formula is C19H19N3O4S3. The van der Waals surface area contributed by atoms with Crippen molar-refractivity contribution < 1.29 is 17.9 Å². The molecule has 29 heavy (non-hydrogen) atoms. The third kappa shape index (κ3) is 4.26. The lowest BCUT2D eigenvalue weighted by atomic mass is 10.2. The number of thiazole rings is 1. The van der Waals surface area contributed by atoms with Crippen LogP contribution >= 0.6 is 22.7 Å². The van der Waals surface area contributed by atoms with Gasteiger partial charge in [-0.1, -0.05) is 12.1 Å². The molecular weight excluding hydrogens is 430 g/mol. The highest BCUT2D eigenvalue weighted by Crippen LogP contribution is 2.30. The summed E-state index contributed by atoms with van der Waals surface area (Å²) in [5.41, 5.74) is 1.06. The summed E-state index contributed by atoms with van der Waals surface area (Å²) in [7, 11) is -3.65. The van der Waals surface area contributed by atoms with Gasteiger partial charge in [0, 0.05) is 18.8 Å². The monoisotopic (exact) mass is 449 g/mol. The number of carbonyl (C=O) groups is 1. The van der Waals surface area contributed by atoms with Crippen molar-refractivity contribution in [1.82, 2.24) is 9.29 Å². The highest BCUT2D eigenvalue weighted by molar-refractivity contribution is 7.89. The van der Waals surface area contributed by atoms with Gasteiger partial charge in [0.1, 0.15) is 9.88 Å². The van der Waals surface area contributed by atoms with Crippen LogP contribution in [0.4, 0.5) is 5.69 Å². The van der Waals surface area contributed by atoms with Crippen LogP contribution in [0.15, 0.2) is 46.8 Å². The maximum atomic E-state index is 13.0. The van der Waals surface area contributed by atoms with E-state index in [-0.39, 0.29) is 10.8 Å². The number of rotatable bonds is 5. The molecule has 1 saturated heterocycles. The Morgan fingerprint density at radius 3 is 2.76 bits per heavy atom. The number of hydrogen-bond acceptors (Lipinski definition) is 7. The van der Waals surface area contributed by atoms with Crippen molar-refractivity contribution in [3.05, 3.63) is 52.3 Å². The van der Waals surface area contributed by atoms with E-state index in [0.29, 0.717) is 42.4 Å². The lowest BCUT2D eigenvalue weighted by Crippen LogP contribution is -2.40. The lowest BCUT2D eigenvalue weighted by Gasteiger charge is -2.26. The molecule has 1 fully saturated rings. The highest BCUT2D eigenvalue weighted by Gasteiger charge is 2.28. The van der Waals surface area contributed by atoms with Gasteiger partial charge in [-0.2, -0.15) is 4.31 Å². The number of benzene rings is 1. The zero-order valence-electron chi connectivity index (χ0n) is 15.6. The fourth-order valence-electron chi connectivity index (χ4n) is 2.97. The van der Waals surface area contributed by atoms with Gasteiger partial charge in [0.15, 0.2) is 0 Å². The summed E-state index contributed by atoms with van der Waals surface area (Å²) >= 11 is 2.86. The van der Waals surface area contributed by atoms with Gasteiger partial charge in [0.2, 0.25) is 10.0 Å². The van der Waals surface area contributed by atoms with Gasteiger partial charge in [-0.3, -0.25) is 4.79 Å². The summed E-state index contributed by atoms with van der Waals surface area (Å²) in [4.78, 5) is 18.6. The van der Waals surface area contributed by atoms with E-state index in [0.717, 1.165) is 9.88 Å². The molecule has 0 atom stereocenters. The van der Waals surface area contributed by atoms with E-state index < -0.39 is 10.0 Å². The minimum absolute atomic E-state index is 0.195. The quantitative estimate of drug-likeness (QED) is 0.644. The number of sulfonamides is 1. The van der Waals surface area contributed by atoms with Crippen LogP contribution in [0.3, 0.4) is 0 Å². The molecule has 7 nitrogen and oxygen atoms in total. The molecule has 1 aliphatic rings. The largest absolute Gasteiger partial charge is 0.379 e. The second-order valence-electron chi connectivity index (χ2n) is 6.46. The number of thiophene rings is 1. The Morgan fingerprint density at radius 2 is 2.03 bits per heavy atom. The van der Waals surface area contributed by atoms with Crippen LogP contribution < -0.4 is 5.32 Å². The number of carbonyl (C=O) groups excluding carboxylic acids is 1. The van der Waals surface area contributed by atoms with Crippen LogP contribution in [0.2, 0.25) is 0 Å². The number of hydrogen-bond donors (Lipinski definition) is 1. The molecule has 0 unspecified atom stereocenters. The zero-order valence-corrected chi connectivity index (χ0v) is 18.1. The van der Waals surface area contributed by atoms with Crippen molar-refractivity contribution >= 4 is 44.3 Å². The first-order valence-electron chi connectivity index (χ1n) is 8.95. The van der Waals surface area contributed by atoms with Crippen LogP contribution in [-0.2, 0) is 14.8 Å². The first kappa shape index (κ1) is 20.2. The number of anilines is 1. The summed E-state index contributed by atoms with van der Waals surface area (Å²) in [5.74, 6) is -0.316. The van der Waals surface area contributed by atoms with Crippen LogP contribution in [0, 0.1) is 6.92 Å². The Kier molecular flexibility index (Phi) is 5.79. The Hall–Kier alpha value is -2.11. The smallest absolute Gasteiger partial charge is 0.267 e. The number of amides is 1.